The predicted molar refractivity (Wildman–Crippen MR) is 88.5 cm³/mol. The highest BCUT2D eigenvalue weighted by Gasteiger charge is 2.26. The van der Waals surface area contributed by atoms with Crippen molar-refractivity contribution in [3.8, 4) is 0 Å². The molecule has 1 fully saturated rings. The van der Waals surface area contributed by atoms with Crippen molar-refractivity contribution in [2.75, 3.05) is 0 Å². The quantitative estimate of drug-likeness (QED) is 0.850. The van der Waals surface area contributed by atoms with E-state index in [1.807, 2.05) is 13.0 Å². The van der Waals surface area contributed by atoms with Gasteiger partial charge in [0.05, 0.1) is 4.90 Å². The van der Waals surface area contributed by atoms with Gasteiger partial charge >= 0.3 is 0 Å². The van der Waals surface area contributed by atoms with E-state index in [0.29, 0.717) is 21.8 Å². The Morgan fingerprint density at radius 3 is 2.71 bits per heavy atom. The minimum Gasteiger partial charge on any atom is -0.326 e. The number of halogens is 1. The summed E-state index contributed by atoms with van der Waals surface area (Å²) in [5.41, 5.74) is 7.36. The molecule has 2 unspecified atom stereocenters. The third-order valence-electron chi connectivity index (χ3n) is 4.06. The Morgan fingerprint density at radius 2 is 2.10 bits per heavy atom. The van der Waals surface area contributed by atoms with Gasteiger partial charge in [0.1, 0.15) is 0 Å². The Kier molecular flexibility index (Phi) is 5.46. The van der Waals surface area contributed by atoms with E-state index < -0.39 is 10.0 Å². The van der Waals surface area contributed by atoms with Crippen molar-refractivity contribution in [1.82, 2.24) is 4.72 Å². The van der Waals surface area contributed by atoms with Crippen LogP contribution in [0, 0.1) is 12.8 Å². The number of hydrogen-bond donors (Lipinski definition) is 2. The summed E-state index contributed by atoms with van der Waals surface area (Å²) in [7, 11) is -3.52. The lowest BCUT2D eigenvalue weighted by Crippen LogP contribution is -2.38. The van der Waals surface area contributed by atoms with Gasteiger partial charge < -0.3 is 5.73 Å². The van der Waals surface area contributed by atoms with Crippen LogP contribution in [0.4, 0.5) is 0 Å². The molecule has 0 amide bonds. The van der Waals surface area contributed by atoms with E-state index >= 15 is 0 Å². The van der Waals surface area contributed by atoms with Gasteiger partial charge in [-0.05, 0) is 58.8 Å². The molecule has 0 saturated heterocycles. The number of hydrogen-bond acceptors (Lipinski definition) is 3. The molecule has 1 aliphatic carbocycles. The van der Waals surface area contributed by atoms with E-state index in [-0.39, 0.29) is 6.04 Å². The Morgan fingerprint density at radius 1 is 1.38 bits per heavy atom. The third kappa shape index (κ3) is 4.06. The molecule has 3 N–H and O–H groups in total. The summed E-state index contributed by atoms with van der Waals surface area (Å²) in [6.07, 6.45) is 4.09. The number of aryl methyl sites for hydroxylation is 1. The molecule has 1 aromatic rings. The van der Waals surface area contributed by atoms with Crippen molar-refractivity contribution in [3.05, 3.63) is 27.7 Å². The Hall–Kier alpha value is -0.430. The first-order chi connectivity index (χ1) is 9.83. The van der Waals surface area contributed by atoms with Crippen LogP contribution in [0.2, 0.25) is 0 Å². The van der Waals surface area contributed by atoms with E-state index in [2.05, 4.69) is 27.6 Å². The number of benzene rings is 1. The number of rotatable bonds is 4. The second kappa shape index (κ2) is 6.77. The molecule has 118 valence electrons. The second-order valence-electron chi connectivity index (χ2n) is 6.02. The molecule has 6 heteroatoms. The zero-order valence-corrected chi connectivity index (χ0v) is 14.9. The van der Waals surface area contributed by atoms with E-state index in [4.69, 9.17) is 5.73 Å². The molecule has 2 rings (SSSR count). The van der Waals surface area contributed by atoms with Gasteiger partial charge in [-0.1, -0.05) is 25.8 Å². The zero-order valence-electron chi connectivity index (χ0n) is 12.5. The standard InChI is InChI=1S/C15H23BrN2O2S/c1-10-4-3-5-13(6-10)18-21(19,20)14-8-12(9-17)7-11(2)15(14)16/h7-8,10,13,18H,3-6,9,17H2,1-2H3. The first kappa shape index (κ1) is 16.9. The highest BCUT2D eigenvalue weighted by molar-refractivity contribution is 9.10. The molecule has 1 aromatic carbocycles. The van der Waals surface area contributed by atoms with E-state index in [9.17, 15) is 8.42 Å². The molecule has 0 bridgehead atoms. The number of sulfonamides is 1. The fourth-order valence-corrected chi connectivity index (χ4v) is 5.30. The van der Waals surface area contributed by atoms with Crippen molar-refractivity contribution >= 4 is 26.0 Å². The topological polar surface area (TPSA) is 72.2 Å². The van der Waals surface area contributed by atoms with Crippen molar-refractivity contribution in [1.29, 1.82) is 0 Å². The molecule has 1 saturated carbocycles. The van der Waals surface area contributed by atoms with E-state index in [0.717, 1.165) is 30.4 Å². The Bertz CT molecular complexity index is 616. The fraction of sp³-hybridized carbons (Fsp3) is 0.600. The van der Waals surface area contributed by atoms with Gasteiger partial charge in [0.15, 0.2) is 0 Å². The minimum atomic E-state index is -3.52. The van der Waals surface area contributed by atoms with Gasteiger partial charge in [-0.25, -0.2) is 13.1 Å². The van der Waals surface area contributed by atoms with Crippen molar-refractivity contribution in [3.63, 3.8) is 0 Å². The lowest BCUT2D eigenvalue weighted by Gasteiger charge is -2.27. The van der Waals surface area contributed by atoms with Crippen LogP contribution in [0.15, 0.2) is 21.5 Å². The average Bonchev–Trinajstić information content (AvgIpc) is 2.41. The zero-order chi connectivity index (χ0) is 15.6. The minimum absolute atomic E-state index is 0.0347. The Balaban J connectivity index is 2.29. The molecule has 2 atom stereocenters. The van der Waals surface area contributed by atoms with Crippen LogP contribution in [0.25, 0.3) is 0 Å². The second-order valence-corrected chi connectivity index (χ2v) is 8.49. The largest absolute Gasteiger partial charge is 0.326 e. The smallest absolute Gasteiger partial charge is 0.241 e. The molecule has 1 aliphatic rings. The molecule has 21 heavy (non-hydrogen) atoms. The van der Waals surface area contributed by atoms with Gasteiger partial charge in [-0.2, -0.15) is 0 Å². The molecule has 0 aliphatic heterocycles. The summed E-state index contributed by atoms with van der Waals surface area (Å²) in [6, 6.07) is 3.60. The SMILES string of the molecule is Cc1cc(CN)cc(S(=O)(=O)NC2CCCC(C)C2)c1Br. The van der Waals surface area contributed by atoms with E-state index in [1.165, 1.54) is 6.42 Å². The summed E-state index contributed by atoms with van der Waals surface area (Å²) >= 11 is 3.40. The fourth-order valence-electron chi connectivity index (χ4n) is 2.95. The molecule has 0 aromatic heterocycles. The first-order valence-corrected chi connectivity index (χ1v) is 9.62. The summed E-state index contributed by atoms with van der Waals surface area (Å²) in [6.45, 7) is 4.39. The number of nitrogens with two attached hydrogens (primary N) is 1. The van der Waals surface area contributed by atoms with Gasteiger partial charge in [0.2, 0.25) is 10.0 Å². The summed E-state index contributed by atoms with van der Waals surface area (Å²) in [5.74, 6) is 0.576. The van der Waals surface area contributed by atoms with Crippen LogP contribution in [0.3, 0.4) is 0 Å². The van der Waals surface area contributed by atoms with E-state index in [1.54, 1.807) is 6.07 Å². The van der Waals surface area contributed by atoms with Gasteiger partial charge in [0, 0.05) is 17.1 Å². The van der Waals surface area contributed by atoms with Crippen LogP contribution < -0.4 is 10.5 Å². The molecule has 0 spiro atoms. The van der Waals surface area contributed by atoms with Gasteiger partial charge in [0.25, 0.3) is 0 Å². The predicted octanol–water partition coefficient (Wildman–Crippen LogP) is 3.07. The molecular weight excluding hydrogens is 352 g/mol. The van der Waals surface area contributed by atoms with Crippen LogP contribution in [-0.4, -0.2) is 14.5 Å². The van der Waals surface area contributed by atoms with Crippen molar-refractivity contribution in [2.45, 2.75) is 57.0 Å². The van der Waals surface area contributed by atoms with Crippen molar-refractivity contribution in [2.24, 2.45) is 11.7 Å². The molecule has 0 heterocycles. The normalized spacial score (nSPS) is 23.2. The summed E-state index contributed by atoms with van der Waals surface area (Å²) in [4.78, 5) is 0.293. The monoisotopic (exact) mass is 374 g/mol. The number of nitrogens with one attached hydrogen (secondary N) is 1. The highest BCUT2D eigenvalue weighted by Crippen LogP contribution is 2.29. The highest BCUT2D eigenvalue weighted by atomic mass is 79.9. The van der Waals surface area contributed by atoms with Crippen LogP contribution >= 0.6 is 15.9 Å². The Labute approximate surface area is 135 Å². The molecule has 0 radical (unpaired) electrons. The average molecular weight is 375 g/mol. The lowest BCUT2D eigenvalue weighted by molar-refractivity contribution is 0.327. The summed E-state index contributed by atoms with van der Waals surface area (Å²) in [5, 5.41) is 0. The van der Waals surface area contributed by atoms with Crippen LogP contribution in [0.1, 0.15) is 43.7 Å². The molecular formula is C15H23BrN2O2S. The molecule has 4 nitrogen and oxygen atoms in total. The van der Waals surface area contributed by atoms with Crippen molar-refractivity contribution < 1.29 is 8.42 Å². The van der Waals surface area contributed by atoms with Crippen LogP contribution in [0.5, 0.6) is 0 Å². The maximum atomic E-state index is 12.7. The maximum Gasteiger partial charge on any atom is 0.241 e. The van der Waals surface area contributed by atoms with Gasteiger partial charge in [-0.3, -0.25) is 0 Å². The van der Waals surface area contributed by atoms with Crippen LogP contribution in [-0.2, 0) is 16.6 Å². The van der Waals surface area contributed by atoms with Gasteiger partial charge in [-0.15, -0.1) is 0 Å². The summed E-state index contributed by atoms with van der Waals surface area (Å²) < 4.78 is 28.8. The maximum absolute atomic E-state index is 12.7. The lowest BCUT2D eigenvalue weighted by atomic mass is 9.88. The third-order valence-corrected chi connectivity index (χ3v) is 6.92. The first-order valence-electron chi connectivity index (χ1n) is 7.35.